The molecule has 0 saturated heterocycles. The van der Waals surface area contributed by atoms with Crippen molar-refractivity contribution in [3.05, 3.63) is 35.4 Å². The van der Waals surface area contributed by atoms with E-state index in [0.717, 1.165) is 13.0 Å². The quantitative estimate of drug-likeness (QED) is 0.778. The number of nitrogens with one attached hydrogen (secondary N) is 1. The molecular weight excluding hydrogens is 230 g/mol. The van der Waals surface area contributed by atoms with Crippen molar-refractivity contribution in [1.82, 2.24) is 5.32 Å². The largest absolute Gasteiger partial charge is 0.314 e. The molecule has 1 aromatic carbocycles. The Morgan fingerprint density at radius 1 is 1.05 bits per heavy atom. The molecule has 0 aliphatic carbocycles. The number of aryl methyl sites for hydroxylation is 1. The van der Waals surface area contributed by atoms with Crippen LogP contribution in [0.4, 0.5) is 0 Å². The molecule has 0 spiro atoms. The summed E-state index contributed by atoms with van der Waals surface area (Å²) in [6, 6.07) is 9.73. The van der Waals surface area contributed by atoms with Crippen molar-refractivity contribution < 1.29 is 0 Å². The Hall–Kier alpha value is -0.820. The zero-order valence-corrected chi connectivity index (χ0v) is 13.6. The van der Waals surface area contributed by atoms with Gasteiger partial charge in [0.2, 0.25) is 0 Å². The zero-order chi connectivity index (χ0) is 14.5. The number of hydrogen-bond donors (Lipinski definition) is 1. The Morgan fingerprint density at radius 3 is 2.05 bits per heavy atom. The molecule has 0 radical (unpaired) electrons. The van der Waals surface area contributed by atoms with Gasteiger partial charge in [-0.1, -0.05) is 65.8 Å². The van der Waals surface area contributed by atoms with E-state index < -0.39 is 0 Å². The highest BCUT2D eigenvalue weighted by Gasteiger charge is 2.23. The molecule has 1 aromatic rings. The van der Waals surface area contributed by atoms with Gasteiger partial charge in [-0.25, -0.2) is 0 Å². The first-order chi connectivity index (χ1) is 8.84. The van der Waals surface area contributed by atoms with Gasteiger partial charge in [0.25, 0.3) is 0 Å². The van der Waals surface area contributed by atoms with Gasteiger partial charge in [0.1, 0.15) is 0 Å². The van der Waals surface area contributed by atoms with Gasteiger partial charge >= 0.3 is 0 Å². The average molecular weight is 261 g/mol. The summed E-state index contributed by atoms with van der Waals surface area (Å²) in [6.07, 6.45) is 2.37. The van der Waals surface area contributed by atoms with E-state index >= 15 is 0 Å². The van der Waals surface area contributed by atoms with Crippen LogP contribution >= 0.6 is 0 Å². The first kappa shape index (κ1) is 16.2. The normalized spacial score (nSPS) is 13.8. The van der Waals surface area contributed by atoms with Crippen molar-refractivity contribution in [3.8, 4) is 0 Å². The fraction of sp³-hybridized carbons (Fsp3) is 0.667. The highest BCUT2D eigenvalue weighted by molar-refractivity contribution is 5.24. The molecule has 0 aromatic heterocycles. The average Bonchev–Trinajstić information content (AvgIpc) is 2.33. The number of benzene rings is 1. The van der Waals surface area contributed by atoms with E-state index in [9.17, 15) is 0 Å². The second-order valence-electron chi connectivity index (χ2n) is 6.91. The molecule has 0 aliphatic rings. The summed E-state index contributed by atoms with van der Waals surface area (Å²) in [4.78, 5) is 0. The Kier molecular flexibility index (Phi) is 6.06. The number of rotatable bonds is 6. The van der Waals surface area contributed by atoms with Gasteiger partial charge in [-0.3, -0.25) is 0 Å². The van der Waals surface area contributed by atoms with Crippen molar-refractivity contribution in [2.75, 3.05) is 6.54 Å². The molecule has 0 fully saturated rings. The van der Waals surface area contributed by atoms with Crippen LogP contribution in [-0.4, -0.2) is 12.6 Å². The van der Waals surface area contributed by atoms with Crippen molar-refractivity contribution in [2.24, 2.45) is 5.41 Å². The van der Waals surface area contributed by atoms with Crippen LogP contribution in [0, 0.1) is 5.41 Å². The van der Waals surface area contributed by atoms with Crippen LogP contribution in [0.15, 0.2) is 24.3 Å². The predicted octanol–water partition coefficient (Wildman–Crippen LogP) is 4.77. The predicted molar refractivity (Wildman–Crippen MR) is 85.8 cm³/mol. The standard InChI is InChI=1S/C18H31N/c1-7-19-17(18(4,5)6)13-10-15-8-11-16(12-9-15)14(2)3/h8-9,11-12,14,17,19H,7,10,13H2,1-6H3. The molecule has 1 N–H and O–H groups in total. The lowest BCUT2D eigenvalue weighted by Crippen LogP contribution is -2.40. The first-order valence-electron chi connectivity index (χ1n) is 7.66. The smallest absolute Gasteiger partial charge is 0.0119 e. The maximum absolute atomic E-state index is 3.62. The fourth-order valence-corrected chi connectivity index (χ4v) is 2.47. The molecule has 0 saturated carbocycles. The molecular formula is C18H31N. The first-order valence-corrected chi connectivity index (χ1v) is 7.66. The van der Waals surface area contributed by atoms with Crippen LogP contribution in [0.25, 0.3) is 0 Å². The van der Waals surface area contributed by atoms with Crippen LogP contribution in [0.2, 0.25) is 0 Å². The van der Waals surface area contributed by atoms with Gasteiger partial charge in [0.15, 0.2) is 0 Å². The molecule has 108 valence electrons. The van der Waals surface area contributed by atoms with Crippen LogP contribution in [-0.2, 0) is 6.42 Å². The van der Waals surface area contributed by atoms with Crippen molar-refractivity contribution in [3.63, 3.8) is 0 Å². The Morgan fingerprint density at radius 2 is 1.63 bits per heavy atom. The van der Waals surface area contributed by atoms with Gasteiger partial charge in [0.05, 0.1) is 0 Å². The van der Waals surface area contributed by atoms with Crippen molar-refractivity contribution in [1.29, 1.82) is 0 Å². The molecule has 1 unspecified atom stereocenters. The Bertz CT molecular complexity index is 356. The molecule has 1 nitrogen and oxygen atoms in total. The van der Waals surface area contributed by atoms with Crippen LogP contribution < -0.4 is 5.32 Å². The molecule has 1 rings (SSSR count). The lowest BCUT2D eigenvalue weighted by molar-refractivity contribution is 0.258. The maximum Gasteiger partial charge on any atom is 0.0119 e. The monoisotopic (exact) mass is 261 g/mol. The van der Waals surface area contributed by atoms with E-state index in [-0.39, 0.29) is 0 Å². The highest BCUT2D eigenvalue weighted by Crippen LogP contribution is 2.23. The summed E-state index contributed by atoms with van der Waals surface area (Å²) >= 11 is 0. The lowest BCUT2D eigenvalue weighted by Gasteiger charge is -2.31. The summed E-state index contributed by atoms with van der Waals surface area (Å²) in [7, 11) is 0. The van der Waals surface area contributed by atoms with Crippen LogP contribution in [0.3, 0.4) is 0 Å². The minimum absolute atomic E-state index is 0.327. The van der Waals surface area contributed by atoms with Gasteiger partial charge in [-0.05, 0) is 41.8 Å². The Labute approximate surface area is 119 Å². The minimum atomic E-state index is 0.327. The van der Waals surface area contributed by atoms with Gasteiger partial charge in [0, 0.05) is 6.04 Å². The second kappa shape index (κ2) is 7.09. The summed E-state index contributed by atoms with van der Waals surface area (Å²) < 4.78 is 0. The molecule has 1 atom stereocenters. The van der Waals surface area contributed by atoms with E-state index in [4.69, 9.17) is 0 Å². The second-order valence-corrected chi connectivity index (χ2v) is 6.91. The summed E-state index contributed by atoms with van der Waals surface area (Å²) in [5.74, 6) is 0.623. The lowest BCUT2D eigenvalue weighted by atomic mass is 9.83. The summed E-state index contributed by atoms with van der Waals surface area (Å²) in [5.41, 5.74) is 3.22. The topological polar surface area (TPSA) is 12.0 Å². The minimum Gasteiger partial charge on any atom is -0.314 e. The van der Waals surface area contributed by atoms with E-state index in [1.807, 2.05) is 0 Å². The van der Waals surface area contributed by atoms with Crippen LogP contribution in [0.1, 0.15) is 65.0 Å². The van der Waals surface area contributed by atoms with E-state index in [1.54, 1.807) is 0 Å². The molecule has 0 amide bonds. The molecule has 0 bridgehead atoms. The molecule has 1 heteroatoms. The maximum atomic E-state index is 3.62. The third-order valence-corrected chi connectivity index (χ3v) is 3.86. The third-order valence-electron chi connectivity index (χ3n) is 3.86. The summed E-state index contributed by atoms with van der Waals surface area (Å²) in [6.45, 7) is 14.7. The van der Waals surface area contributed by atoms with Gasteiger partial charge in [-0.15, -0.1) is 0 Å². The van der Waals surface area contributed by atoms with Crippen molar-refractivity contribution in [2.45, 2.75) is 66.3 Å². The van der Waals surface area contributed by atoms with Gasteiger partial charge in [-0.2, -0.15) is 0 Å². The fourth-order valence-electron chi connectivity index (χ4n) is 2.47. The van der Waals surface area contributed by atoms with Crippen LogP contribution in [0.5, 0.6) is 0 Å². The van der Waals surface area contributed by atoms with Gasteiger partial charge < -0.3 is 5.32 Å². The molecule has 0 heterocycles. The van der Waals surface area contributed by atoms with E-state index in [2.05, 4.69) is 71.1 Å². The number of hydrogen-bond acceptors (Lipinski definition) is 1. The van der Waals surface area contributed by atoms with E-state index in [0.29, 0.717) is 17.4 Å². The summed E-state index contributed by atoms with van der Waals surface area (Å²) in [5, 5.41) is 3.62. The third kappa shape index (κ3) is 5.36. The highest BCUT2D eigenvalue weighted by atomic mass is 14.9. The SMILES string of the molecule is CCNC(CCc1ccc(C(C)C)cc1)C(C)(C)C. The van der Waals surface area contributed by atoms with Crippen molar-refractivity contribution >= 4 is 0 Å². The molecule has 19 heavy (non-hydrogen) atoms. The zero-order valence-electron chi connectivity index (χ0n) is 13.6. The molecule has 0 aliphatic heterocycles. The Balaban J connectivity index is 2.59. The van der Waals surface area contributed by atoms with E-state index in [1.165, 1.54) is 17.5 Å².